The topological polar surface area (TPSA) is 47.7 Å². The van der Waals surface area contributed by atoms with E-state index in [-0.39, 0.29) is 0 Å². The van der Waals surface area contributed by atoms with Crippen molar-refractivity contribution in [2.24, 2.45) is 0 Å². The third-order valence-corrected chi connectivity index (χ3v) is 0.204. The fraction of sp³-hybridized carbons (Fsp3) is 0.333. The molecule has 0 aliphatic heterocycles. The molecule has 1 radical (unpaired) electrons. The minimum absolute atomic E-state index is 0.347. The summed E-state index contributed by atoms with van der Waals surface area (Å²) < 4.78 is 0. The standard InChI is InChI=1S/C3H5N2/c4-2-1-3-5/h2,4-5H,1H2. The van der Waals surface area contributed by atoms with Crippen LogP contribution in [0.1, 0.15) is 6.42 Å². The molecular formula is C3H5N2. The fourth-order valence-corrected chi connectivity index (χ4v) is 0.0510. The van der Waals surface area contributed by atoms with Crippen molar-refractivity contribution in [2.45, 2.75) is 6.42 Å². The Bertz CT molecular complexity index is 34.2. The molecule has 0 fully saturated rings. The van der Waals surface area contributed by atoms with E-state index in [1.165, 1.54) is 0 Å². The molecule has 0 unspecified atom stereocenters. The molecule has 2 heteroatoms. The van der Waals surface area contributed by atoms with E-state index in [9.17, 15) is 0 Å². The summed E-state index contributed by atoms with van der Waals surface area (Å²) in [6.07, 6.45) is 3.50. The SMILES string of the molecule is N=[C]CC=N. The molecule has 0 aliphatic carbocycles. The van der Waals surface area contributed by atoms with Crippen molar-refractivity contribution in [3.05, 3.63) is 0 Å². The van der Waals surface area contributed by atoms with Crippen LogP contribution in [0.3, 0.4) is 0 Å². The molecule has 0 spiro atoms. The predicted molar refractivity (Wildman–Crippen MR) is 21.1 cm³/mol. The number of rotatable bonds is 2. The van der Waals surface area contributed by atoms with Crippen LogP contribution in [0.15, 0.2) is 0 Å². The normalized spacial score (nSPS) is 6.40. The van der Waals surface area contributed by atoms with E-state index in [2.05, 4.69) is 0 Å². The van der Waals surface area contributed by atoms with Crippen molar-refractivity contribution in [3.63, 3.8) is 0 Å². The van der Waals surface area contributed by atoms with Crippen LogP contribution in [-0.2, 0) is 0 Å². The van der Waals surface area contributed by atoms with Gasteiger partial charge < -0.3 is 10.8 Å². The molecule has 27 valence electrons. The van der Waals surface area contributed by atoms with E-state index in [0.29, 0.717) is 6.42 Å². The van der Waals surface area contributed by atoms with Gasteiger partial charge in [0.2, 0.25) is 0 Å². The summed E-state index contributed by atoms with van der Waals surface area (Å²) in [5.74, 6) is 0. The van der Waals surface area contributed by atoms with Crippen LogP contribution in [0.25, 0.3) is 0 Å². The zero-order valence-corrected chi connectivity index (χ0v) is 2.78. The van der Waals surface area contributed by atoms with Crippen LogP contribution in [0, 0.1) is 10.8 Å². The van der Waals surface area contributed by atoms with Crippen molar-refractivity contribution in [1.29, 1.82) is 10.8 Å². The molecule has 0 heterocycles. The molecule has 0 atom stereocenters. The molecule has 0 saturated carbocycles. The van der Waals surface area contributed by atoms with E-state index in [4.69, 9.17) is 10.8 Å². The molecule has 0 rings (SSSR count). The second kappa shape index (κ2) is 3.34. The van der Waals surface area contributed by atoms with Gasteiger partial charge in [0.1, 0.15) is 0 Å². The first-order valence-corrected chi connectivity index (χ1v) is 1.30. The molecule has 2 N–H and O–H groups in total. The quantitative estimate of drug-likeness (QED) is 0.445. The van der Waals surface area contributed by atoms with Crippen molar-refractivity contribution in [1.82, 2.24) is 0 Å². The Morgan fingerprint density at radius 3 is 2.40 bits per heavy atom. The second-order valence-electron chi connectivity index (χ2n) is 0.585. The number of hydrogen-bond acceptors (Lipinski definition) is 2. The lowest BCUT2D eigenvalue weighted by Crippen LogP contribution is -1.67. The maximum absolute atomic E-state index is 6.30. The van der Waals surface area contributed by atoms with Crippen LogP contribution in [-0.4, -0.2) is 12.4 Å². The van der Waals surface area contributed by atoms with Gasteiger partial charge >= 0.3 is 0 Å². The average Bonchev–Trinajstić information content (AvgIpc) is 1.41. The maximum atomic E-state index is 6.30. The van der Waals surface area contributed by atoms with Crippen molar-refractivity contribution in [2.75, 3.05) is 0 Å². The van der Waals surface area contributed by atoms with E-state index < -0.39 is 0 Å². The molecule has 0 aromatic carbocycles. The van der Waals surface area contributed by atoms with Crippen LogP contribution < -0.4 is 0 Å². The molecule has 5 heavy (non-hydrogen) atoms. The Kier molecular flexibility index (Phi) is 2.90. The lowest BCUT2D eigenvalue weighted by Gasteiger charge is -1.59. The highest BCUT2D eigenvalue weighted by atomic mass is 14.3. The van der Waals surface area contributed by atoms with Gasteiger partial charge in [0, 0.05) is 12.6 Å². The van der Waals surface area contributed by atoms with Crippen molar-refractivity contribution in [3.8, 4) is 0 Å². The van der Waals surface area contributed by atoms with Crippen LogP contribution >= 0.6 is 0 Å². The van der Waals surface area contributed by atoms with Gasteiger partial charge in [-0.1, -0.05) is 0 Å². The highest BCUT2D eigenvalue weighted by molar-refractivity contribution is 5.75. The molecule has 0 aromatic rings. The molecule has 0 bridgehead atoms. The summed E-state index contributed by atoms with van der Waals surface area (Å²) in [7, 11) is 0. The molecule has 0 amide bonds. The highest BCUT2D eigenvalue weighted by Crippen LogP contribution is 1.52. The van der Waals surface area contributed by atoms with Crippen LogP contribution in [0.5, 0.6) is 0 Å². The Hall–Kier alpha value is -0.660. The molecule has 0 aliphatic rings. The minimum atomic E-state index is 0.347. The third-order valence-electron chi connectivity index (χ3n) is 0.204. The Morgan fingerprint density at radius 1 is 1.80 bits per heavy atom. The van der Waals surface area contributed by atoms with Crippen LogP contribution in [0.2, 0.25) is 0 Å². The van der Waals surface area contributed by atoms with E-state index in [0.717, 1.165) is 6.21 Å². The van der Waals surface area contributed by atoms with Gasteiger partial charge in [-0.15, -0.1) is 0 Å². The number of hydrogen-bond donors (Lipinski definition) is 2. The first kappa shape index (κ1) is 4.34. The van der Waals surface area contributed by atoms with E-state index in [1.807, 2.05) is 6.21 Å². The van der Waals surface area contributed by atoms with Gasteiger partial charge in [-0.25, -0.2) is 0 Å². The van der Waals surface area contributed by atoms with Gasteiger partial charge in [0.15, 0.2) is 0 Å². The van der Waals surface area contributed by atoms with Crippen molar-refractivity contribution >= 4 is 12.4 Å². The zero-order chi connectivity index (χ0) is 4.12. The number of nitrogens with one attached hydrogen (secondary N) is 2. The largest absolute Gasteiger partial charge is 0.313 e. The lowest BCUT2D eigenvalue weighted by molar-refractivity contribution is 1.45. The van der Waals surface area contributed by atoms with E-state index in [1.54, 1.807) is 0 Å². The third kappa shape index (κ3) is 3.34. The first-order chi connectivity index (χ1) is 2.41. The highest BCUT2D eigenvalue weighted by Gasteiger charge is 1.58. The summed E-state index contributed by atoms with van der Waals surface area (Å²) in [6, 6.07) is 0. The predicted octanol–water partition coefficient (Wildman–Crippen LogP) is 0.553. The lowest BCUT2D eigenvalue weighted by atomic mass is 10.5. The molecule has 0 aromatic heterocycles. The van der Waals surface area contributed by atoms with Gasteiger partial charge in [-0.05, 0) is 0 Å². The monoisotopic (exact) mass is 69.0 g/mol. The fourth-order valence-electron chi connectivity index (χ4n) is 0.0510. The maximum Gasteiger partial charge on any atom is 0.0578 e. The van der Waals surface area contributed by atoms with Gasteiger partial charge in [0.05, 0.1) is 6.21 Å². The average molecular weight is 69.1 g/mol. The smallest absolute Gasteiger partial charge is 0.0578 e. The Morgan fingerprint density at radius 2 is 2.40 bits per heavy atom. The van der Waals surface area contributed by atoms with Gasteiger partial charge in [-0.2, -0.15) is 0 Å². The Balaban J connectivity index is 2.65. The first-order valence-electron chi connectivity index (χ1n) is 1.30. The summed E-state index contributed by atoms with van der Waals surface area (Å²) in [6.45, 7) is 0. The van der Waals surface area contributed by atoms with E-state index >= 15 is 0 Å². The molecule has 0 saturated heterocycles. The Labute approximate surface area is 30.8 Å². The summed E-state index contributed by atoms with van der Waals surface area (Å²) >= 11 is 0. The second-order valence-corrected chi connectivity index (χ2v) is 0.585. The summed E-state index contributed by atoms with van der Waals surface area (Å²) in [4.78, 5) is 0. The van der Waals surface area contributed by atoms with Crippen molar-refractivity contribution < 1.29 is 0 Å². The minimum Gasteiger partial charge on any atom is -0.313 e. The van der Waals surface area contributed by atoms with Gasteiger partial charge in [-0.3, -0.25) is 0 Å². The van der Waals surface area contributed by atoms with Gasteiger partial charge in [0.25, 0.3) is 0 Å². The summed E-state index contributed by atoms with van der Waals surface area (Å²) in [5, 5.41) is 12.5. The molecule has 2 nitrogen and oxygen atoms in total. The van der Waals surface area contributed by atoms with Crippen LogP contribution in [0.4, 0.5) is 0 Å². The summed E-state index contributed by atoms with van der Waals surface area (Å²) in [5.41, 5.74) is 0. The molecular weight excluding hydrogens is 64.0 g/mol. The zero-order valence-electron chi connectivity index (χ0n) is 2.78.